The summed E-state index contributed by atoms with van der Waals surface area (Å²) in [6, 6.07) is 12.4. The summed E-state index contributed by atoms with van der Waals surface area (Å²) < 4.78 is 35.7. The first-order chi connectivity index (χ1) is 11.4. The van der Waals surface area contributed by atoms with Crippen molar-refractivity contribution in [2.24, 2.45) is 0 Å². The van der Waals surface area contributed by atoms with Crippen LogP contribution in [0.25, 0.3) is 0 Å². The van der Waals surface area contributed by atoms with Crippen LogP contribution in [0.5, 0.6) is 11.5 Å². The standard InChI is InChI=1S/C16H14ClNO5S/c17-11-5-7-13(8-6-11)23-14-3-1-2-4-15(14)24(20,21)10-12-9-22-16(19)18-12/h1-8,12H,9-10H2,(H,18,19). The number of para-hydroxylation sites is 1. The number of hydrogen-bond donors (Lipinski definition) is 1. The molecule has 126 valence electrons. The summed E-state index contributed by atoms with van der Waals surface area (Å²) in [6.07, 6.45) is -0.610. The molecule has 1 N–H and O–H groups in total. The monoisotopic (exact) mass is 367 g/mol. The molecule has 0 spiro atoms. The number of cyclic esters (lactones) is 1. The number of benzene rings is 2. The number of amides is 1. The number of nitrogens with one attached hydrogen (secondary N) is 1. The number of halogens is 1. The molecule has 0 aliphatic carbocycles. The van der Waals surface area contributed by atoms with Crippen LogP contribution in [0.3, 0.4) is 0 Å². The summed E-state index contributed by atoms with van der Waals surface area (Å²) in [5.74, 6) is 0.421. The molecule has 24 heavy (non-hydrogen) atoms. The highest BCUT2D eigenvalue weighted by molar-refractivity contribution is 7.91. The van der Waals surface area contributed by atoms with E-state index in [0.717, 1.165) is 0 Å². The summed E-state index contributed by atoms with van der Waals surface area (Å²) in [4.78, 5) is 11.1. The van der Waals surface area contributed by atoms with Crippen LogP contribution < -0.4 is 10.1 Å². The second-order valence-corrected chi connectivity index (χ2v) is 7.66. The van der Waals surface area contributed by atoms with E-state index in [0.29, 0.717) is 10.8 Å². The minimum Gasteiger partial charge on any atom is -0.456 e. The van der Waals surface area contributed by atoms with E-state index in [4.69, 9.17) is 21.1 Å². The summed E-state index contributed by atoms with van der Waals surface area (Å²) in [5, 5.41) is 3.02. The largest absolute Gasteiger partial charge is 0.456 e. The lowest BCUT2D eigenvalue weighted by atomic mass is 10.3. The number of rotatable bonds is 5. The predicted octanol–water partition coefficient (Wildman–Crippen LogP) is 3.01. The Labute approximate surface area is 144 Å². The molecular weight excluding hydrogens is 354 g/mol. The third-order valence-electron chi connectivity index (χ3n) is 3.38. The van der Waals surface area contributed by atoms with E-state index < -0.39 is 22.0 Å². The highest BCUT2D eigenvalue weighted by Crippen LogP contribution is 2.30. The van der Waals surface area contributed by atoms with Gasteiger partial charge in [-0.05, 0) is 36.4 Å². The van der Waals surface area contributed by atoms with Gasteiger partial charge in [0.05, 0.1) is 11.8 Å². The molecule has 1 atom stereocenters. The second-order valence-electron chi connectivity index (χ2n) is 5.22. The Kier molecular flexibility index (Phi) is 4.64. The molecule has 3 rings (SSSR count). The van der Waals surface area contributed by atoms with Gasteiger partial charge in [0.2, 0.25) is 0 Å². The summed E-state index contributed by atoms with van der Waals surface area (Å²) in [5.41, 5.74) is 0. The van der Waals surface area contributed by atoms with E-state index in [1.807, 2.05) is 0 Å². The van der Waals surface area contributed by atoms with Gasteiger partial charge in [-0.3, -0.25) is 0 Å². The van der Waals surface area contributed by atoms with Gasteiger partial charge in [-0.25, -0.2) is 13.2 Å². The minimum atomic E-state index is -3.67. The first kappa shape index (κ1) is 16.6. The van der Waals surface area contributed by atoms with E-state index in [1.54, 1.807) is 42.5 Å². The molecule has 6 nitrogen and oxygen atoms in total. The van der Waals surface area contributed by atoms with E-state index in [9.17, 15) is 13.2 Å². The topological polar surface area (TPSA) is 81.7 Å². The number of hydrogen-bond acceptors (Lipinski definition) is 5. The van der Waals surface area contributed by atoms with Gasteiger partial charge >= 0.3 is 6.09 Å². The Hall–Kier alpha value is -2.25. The number of alkyl carbamates (subject to hydrolysis) is 1. The predicted molar refractivity (Wildman–Crippen MR) is 88.3 cm³/mol. The zero-order valence-electron chi connectivity index (χ0n) is 12.4. The lowest BCUT2D eigenvalue weighted by Crippen LogP contribution is -2.33. The van der Waals surface area contributed by atoms with Crippen LogP contribution in [0, 0.1) is 0 Å². The van der Waals surface area contributed by atoms with Crippen molar-refractivity contribution in [2.75, 3.05) is 12.4 Å². The first-order valence-electron chi connectivity index (χ1n) is 7.12. The van der Waals surface area contributed by atoms with Crippen molar-refractivity contribution in [3.63, 3.8) is 0 Å². The van der Waals surface area contributed by atoms with Crippen LogP contribution in [0.15, 0.2) is 53.4 Å². The van der Waals surface area contributed by atoms with E-state index in [-0.39, 0.29) is 23.0 Å². The molecule has 8 heteroatoms. The smallest absolute Gasteiger partial charge is 0.407 e. The fourth-order valence-corrected chi connectivity index (χ4v) is 4.01. The zero-order valence-corrected chi connectivity index (χ0v) is 14.0. The van der Waals surface area contributed by atoms with Crippen molar-refractivity contribution in [3.8, 4) is 11.5 Å². The second kappa shape index (κ2) is 6.70. The normalized spacial score (nSPS) is 17.2. The van der Waals surface area contributed by atoms with Crippen LogP contribution in [0.4, 0.5) is 4.79 Å². The summed E-state index contributed by atoms with van der Waals surface area (Å²) in [6.45, 7) is 0.0261. The van der Waals surface area contributed by atoms with Gasteiger partial charge in [0.25, 0.3) is 0 Å². The molecule has 1 fully saturated rings. The molecule has 1 heterocycles. The van der Waals surface area contributed by atoms with E-state index in [1.165, 1.54) is 6.07 Å². The van der Waals surface area contributed by atoms with Gasteiger partial charge in [0, 0.05) is 5.02 Å². The van der Waals surface area contributed by atoms with Crippen LogP contribution >= 0.6 is 11.6 Å². The van der Waals surface area contributed by atoms with Crippen molar-refractivity contribution in [2.45, 2.75) is 10.9 Å². The van der Waals surface area contributed by atoms with Crippen LogP contribution in [0.1, 0.15) is 0 Å². The Balaban J connectivity index is 1.85. The Bertz CT molecular complexity index is 851. The average molecular weight is 368 g/mol. The molecule has 0 bridgehead atoms. The molecule has 1 unspecified atom stereocenters. The third kappa shape index (κ3) is 3.80. The molecule has 0 aromatic heterocycles. The SMILES string of the molecule is O=C1NC(CS(=O)(=O)c2ccccc2Oc2ccc(Cl)cc2)CO1. The molecule has 0 radical (unpaired) electrons. The van der Waals surface area contributed by atoms with Gasteiger partial charge in [-0.2, -0.15) is 0 Å². The molecular formula is C16H14ClNO5S. The molecule has 1 amide bonds. The summed E-state index contributed by atoms with van der Waals surface area (Å²) >= 11 is 5.83. The number of ether oxygens (including phenoxy) is 2. The molecule has 2 aromatic rings. The Morgan fingerprint density at radius 3 is 2.54 bits per heavy atom. The lowest BCUT2D eigenvalue weighted by molar-refractivity contribution is 0.177. The zero-order chi connectivity index (χ0) is 17.2. The fourth-order valence-electron chi connectivity index (χ4n) is 2.29. The molecule has 1 saturated heterocycles. The quantitative estimate of drug-likeness (QED) is 0.878. The highest BCUT2D eigenvalue weighted by atomic mass is 35.5. The molecule has 0 saturated carbocycles. The molecule has 1 aliphatic rings. The Morgan fingerprint density at radius 2 is 1.88 bits per heavy atom. The van der Waals surface area contributed by atoms with Gasteiger partial charge in [-0.15, -0.1) is 0 Å². The van der Waals surface area contributed by atoms with Crippen molar-refractivity contribution in [3.05, 3.63) is 53.6 Å². The van der Waals surface area contributed by atoms with Gasteiger partial charge < -0.3 is 14.8 Å². The Morgan fingerprint density at radius 1 is 1.17 bits per heavy atom. The first-order valence-corrected chi connectivity index (χ1v) is 9.15. The summed E-state index contributed by atoms with van der Waals surface area (Å²) in [7, 11) is -3.67. The average Bonchev–Trinajstić information content (AvgIpc) is 2.94. The van der Waals surface area contributed by atoms with Gasteiger partial charge in [0.15, 0.2) is 9.84 Å². The van der Waals surface area contributed by atoms with Crippen molar-refractivity contribution < 1.29 is 22.7 Å². The van der Waals surface area contributed by atoms with Gasteiger partial charge in [0.1, 0.15) is 23.0 Å². The van der Waals surface area contributed by atoms with Crippen molar-refractivity contribution in [1.82, 2.24) is 5.32 Å². The highest BCUT2D eigenvalue weighted by Gasteiger charge is 2.30. The maximum absolute atomic E-state index is 12.7. The molecule has 2 aromatic carbocycles. The van der Waals surface area contributed by atoms with Crippen molar-refractivity contribution >= 4 is 27.5 Å². The molecule has 1 aliphatic heterocycles. The maximum Gasteiger partial charge on any atom is 0.407 e. The maximum atomic E-state index is 12.7. The number of sulfone groups is 1. The van der Waals surface area contributed by atoms with Crippen molar-refractivity contribution in [1.29, 1.82) is 0 Å². The van der Waals surface area contributed by atoms with E-state index >= 15 is 0 Å². The van der Waals surface area contributed by atoms with Crippen LogP contribution in [-0.2, 0) is 14.6 Å². The minimum absolute atomic E-state index is 0.0261. The van der Waals surface area contributed by atoms with Crippen LogP contribution in [-0.4, -0.2) is 32.9 Å². The van der Waals surface area contributed by atoms with Crippen LogP contribution in [0.2, 0.25) is 5.02 Å². The fraction of sp³-hybridized carbons (Fsp3) is 0.188. The van der Waals surface area contributed by atoms with Gasteiger partial charge in [-0.1, -0.05) is 23.7 Å². The number of carbonyl (C=O) groups is 1. The lowest BCUT2D eigenvalue weighted by Gasteiger charge is -2.13. The number of carbonyl (C=O) groups excluding carboxylic acids is 1. The van der Waals surface area contributed by atoms with E-state index in [2.05, 4.69) is 5.32 Å². The third-order valence-corrected chi connectivity index (χ3v) is 5.48.